The van der Waals surface area contributed by atoms with Gasteiger partial charge in [0.15, 0.2) is 0 Å². The number of aromatic nitrogens is 2. The summed E-state index contributed by atoms with van der Waals surface area (Å²) < 4.78 is 0. The van der Waals surface area contributed by atoms with Gasteiger partial charge in [-0.1, -0.05) is 18.2 Å². The second-order valence-electron chi connectivity index (χ2n) is 5.59. The molecule has 1 unspecified atom stereocenters. The summed E-state index contributed by atoms with van der Waals surface area (Å²) in [5.41, 5.74) is 1.11. The van der Waals surface area contributed by atoms with Gasteiger partial charge in [0.05, 0.1) is 29.5 Å². The largest absolute Gasteiger partial charge is 0.383 e. The number of carbonyl (C=O) groups is 1. The smallest absolute Gasteiger partial charge is 0.244 e. The van der Waals surface area contributed by atoms with Crippen molar-refractivity contribution < 1.29 is 9.90 Å². The lowest BCUT2D eigenvalue weighted by Crippen LogP contribution is -2.37. The normalized spacial score (nSPS) is 13.9. The van der Waals surface area contributed by atoms with Crippen LogP contribution < -0.4 is 5.32 Å². The average Bonchev–Trinajstić information content (AvgIpc) is 3.13. The first-order valence-corrected chi connectivity index (χ1v) is 8.37. The molecule has 1 amide bonds. The lowest BCUT2D eigenvalue weighted by Gasteiger charge is -2.21. The Bertz CT molecular complexity index is 873. The highest BCUT2D eigenvalue weighted by Gasteiger charge is 2.24. The van der Waals surface area contributed by atoms with Crippen LogP contribution in [0.5, 0.6) is 0 Å². The van der Waals surface area contributed by atoms with Crippen LogP contribution in [0, 0.1) is 0 Å². The second kappa shape index (κ2) is 6.90. The molecule has 0 bridgehead atoms. The fourth-order valence-corrected chi connectivity index (χ4v) is 2.99. The number of fused-ring (bicyclic) bond motifs is 1. The minimum Gasteiger partial charge on any atom is -0.383 e. The molecule has 1 aromatic carbocycles. The monoisotopic (exact) mass is 339 g/mol. The van der Waals surface area contributed by atoms with E-state index in [0.717, 1.165) is 15.9 Å². The third kappa shape index (κ3) is 3.84. The van der Waals surface area contributed by atoms with Gasteiger partial charge in [-0.05, 0) is 36.6 Å². The van der Waals surface area contributed by atoms with Crippen molar-refractivity contribution >= 4 is 34.4 Å². The molecule has 0 saturated heterocycles. The number of rotatable bonds is 5. The molecule has 0 saturated carbocycles. The zero-order valence-electron chi connectivity index (χ0n) is 13.1. The van der Waals surface area contributed by atoms with Crippen molar-refractivity contribution in [2.24, 2.45) is 0 Å². The van der Waals surface area contributed by atoms with Gasteiger partial charge in [0.25, 0.3) is 0 Å². The van der Waals surface area contributed by atoms with Crippen molar-refractivity contribution in [3.05, 3.63) is 64.6 Å². The predicted molar refractivity (Wildman–Crippen MR) is 95.5 cm³/mol. The number of benzene rings is 1. The standard InChI is InChI=1S/C18H17N3O2S/c1-18(23,16-7-4-10-24-16)12-20-17(22)9-8-13-11-19-14-5-2-3-6-15(14)21-13/h2-11,23H,12H2,1H3,(H,20,22)/b9-8+. The maximum absolute atomic E-state index is 11.9. The molecule has 0 aliphatic carbocycles. The Morgan fingerprint density at radius 3 is 2.83 bits per heavy atom. The van der Waals surface area contributed by atoms with E-state index in [2.05, 4.69) is 15.3 Å². The summed E-state index contributed by atoms with van der Waals surface area (Å²) in [6, 6.07) is 11.3. The van der Waals surface area contributed by atoms with Crippen molar-refractivity contribution in [1.82, 2.24) is 15.3 Å². The Kier molecular flexibility index (Phi) is 4.69. The highest BCUT2D eigenvalue weighted by atomic mass is 32.1. The summed E-state index contributed by atoms with van der Waals surface area (Å²) in [6.45, 7) is 1.82. The van der Waals surface area contributed by atoms with E-state index < -0.39 is 5.60 Å². The van der Waals surface area contributed by atoms with E-state index in [9.17, 15) is 9.90 Å². The van der Waals surface area contributed by atoms with E-state index in [0.29, 0.717) is 5.69 Å². The van der Waals surface area contributed by atoms with Gasteiger partial charge in [0, 0.05) is 11.0 Å². The molecule has 3 aromatic rings. The summed E-state index contributed by atoms with van der Waals surface area (Å²) in [5, 5.41) is 15.0. The summed E-state index contributed by atoms with van der Waals surface area (Å²) >= 11 is 1.46. The minimum atomic E-state index is -1.08. The van der Waals surface area contributed by atoms with Crippen LogP contribution in [0.15, 0.2) is 54.1 Å². The molecular weight excluding hydrogens is 322 g/mol. The van der Waals surface area contributed by atoms with E-state index in [4.69, 9.17) is 0 Å². The molecule has 2 N–H and O–H groups in total. The van der Waals surface area contributed by atoms with Gasteiger partial charge in [-0.15, -0.1) is 11.3 Å². The van der Waals surface area contributed by atoms with Crippen LogP contribution >= 0.6 is 11.3 Å². The molecule has 122 valence electrons. The summed E-state index contributed by atoms with van der Waals surface area (Å²) in [4.78, 5) is 21.5. The SMILES string of the molecule is CC(O)(CNC(=O)/C=C/c1cnc2ccccc2n1)c1cccs1. The quantitative estimate of drug-likeness (QED) is 0.701. The van der Waals surface area contributed by atoms with E-state index in [1.165, 1.54) is 17.4 Å². The maximum atomic E-state index is 11.9. The van der Waals surface area contributed by atoms with Crippen LogP contribution in [0.25, 0.3) is 17.1 Å². The molecule has 3 rings (SSSR count). The van der Waals surface area contributed by atoms with Crippen LogP contribution in [0.1, 0.15) is 17.5 Å². The minimum absolute atomic E-state index is 0.139. The lowest BCUT2D eigenvalue weighted by molar-refractivity contribution is -0.117. The first kappa shape index (κ1) is 16.3. The van der Waals surface area contributed by atoms with Gasteiger partial charge in [0.1, 0.15) is 5.60 Å². The fourth-order valence-electron chi connectivity index (χ4n) is 2.20. The zero-order valence-corrected chi connectivity index (χ0v) is 14.0. The summed E-state index contributed by atoms with van der Waals surface area (Å²) in [6.07, 6.45) is 4.62. The number of hydrogen-bond donors (Lipinski definition) is 2. The Hall–Kier alpha value is -2.57. The third-order valence-corrected chi connectivity index (χ3v) is 4.65. The summed E-state index contributed by atoms with van der Waals surface area (Å²) in [5.74, 6) is -0.290. The molecule has 1 atom stereocenters. The Morgan fingerprint density at radius 1 is 1.29 bits per heavy atom. The van der Waals surface area contributed by atoms with Gasteiger partial charge < -0.3 is 10.4 Å². The Labute approximate surface area is 143 Å². The van der Waals surface area contributed by atoms with Crippen LogP contribution in [0.3, 0.4) is 0 Å². The molecule has 6 heteroatoms. The third-order valence-electron chi connectivity index (χ3n) is 3.53. The van der Waals surface area contributed by atoms with Gasteiger partial charge in [-0.2, -0.15) is 0 Å². The van der Waals surface area contributed by atoms with Crippen LogP contribution in [0.4, 0.5) is 0 Å². The number of aliphatic hydroxyl groups is 1. The van der Waals surface area contributed by atoms with Gasteiger partial charge in [-0.25, -0.2) is 4.98 Å². The van der Waals surface area contributed by atoms with E-state index in [-0.39, 0.29) is 12.5 Å². The number of nitrogens with one attached hydrogen (secondary N) is 1. The molecule has 0 aliphatic rings. The fraction of sp³-hybridized carbons (Fsp3) is 0.167. The first-order valence-electron chi connectivity index (χ1n) is 7.49. The van der Waals surface area contributed by atoms with Crippen molar-refractivity contribution in [2.45, 2.75) is 12.5 Å². The molecule has 0 spiro atoms. The molecule has 5 nitrogen and oxygen atoms in total. The van der Waals surface area contributed by atoms with Crippen molar-refractivity contribution in [1.29, 1.82) is 0 Å². The maximum Gasteiger partial charge on any atom is 0.244 e. The molecular formula is C18H17N3O2S. The van der Waals surface area contributed by atoms with E-state index >= 15 is 0 Å². The second-order valence-corrected chi connectivity index (χ2v) is 6.53. The number of thiophene rings is 1. The van der Waals surface area contributed by atoms with Crippen molar-refractivity contribution in [3.8, 4) is 0 Å². The first-order chi connectivity index (χ1) is 11.5. The number of hydrogen-bond acceptors (Lipinski definition) is 5. The van der Waals surface area contributed by atoms with Crippen molar-refractivity contribution in [3.63, 3.8) is 0 Å². The molecule has 2 heterocycles. The van der Waals surface area contributed by atoms with Gasteiger partial charge in [-0.3, -0.25) is 9.78 Å². The summed E-state index contributed by atoms with van der Waals surface area (Å²) in [7, 11) is 0. The molecule has 24 heavy (non-hydrogen) atoms. The average molecular weight is 339 g/mol. The molecule has 0 fully saturated rings. The number of amides is 1. The van der Waals surface area contributed by atoms with Gasteiger partial charge >= 0.3 is 0 Å². The Morgan fingerprint density at radius 2 is 2.08 bits per heavy atom. The lowest BCUT2D eigenvalue weighted by atomic mass is 10.1. The van der Waals surface area contributed by atoms with Crippen LogP contribution in [-0.2, 0) is 10.4 Å². The highest BCUT2D eigenvalue weighted by Crippen LogP contribution is 2.24. The van der Waals surface area contributed by atoms with E-state index in [1.807, 2.05) is 41.8 Å². The highest BCUT2D eigenvalue weighted by molar-refractivity contribution is 7.10. The van der Waals surface area contributed by atoms with Crippen LogP contribution in [-0.4, -0.2) is 27.5 Å². The molecule has 0 radical (unpaired) electrons. The van der Waals surface area contributed by atoms with Gasteiger partial charge in [0.2, 0.25) is 5.91 Å². The zero-order chi connectivity index (χ0) is 17.0. The van der Waals surface area contributed by atoms with Crippen molar-refractivity contribution in [2.75, 3.05) is 6.54 Å². The molecule has 0 aliphatic heterocycles. The van der Waals surface area contributed by atoms with Crippen LogP contribution in [0.2, 0.25) is 0 Å². The number of para-hydroxylation sites is 2. The van der Waals surface area contributed by atoms with E-state index in [1.54, 1.807) is 19.2 Å². The topological polar surface area (TPSA) is 75.1 Å². The number of carbonyl (C=O) groups excluding carboxylic acids is 1. The number of nitrogens with zero attached hydrogens (tertiary/aromatic N) is 2. The Balaban J connectivity index is 1.62. The predicted octanol–water partition coefficient (Wildman–Crippen LogP) is 2.73. The molecule has 2 aromatic heterocycles.